The molecule has 0 amide bonds. The van der Waals surface area contributed by atoms with Crippen molar-refractivity contribution in [2.45, 2.75) is 12.8 Å². The summed E-state index contributed by atoms with van der Waals surface area (Å²) in [5.74, 6) is 0.567. The lowest BCUT2D eigenvalue weighted by Gasteiger charge is -2.05. The molecule has 1 aromatic rings. The third kappa shape index (κ3) is 3.41. The van der Waals surface area contributed by atoms with Gasteiger partial charge < -0.3 is 5.32 Å². The largest absolute Gasteiger partial charge is 0.369 e. The standard InChI is InChI=1S/C9H9Cl2N3/c10-7-3-4-8(11)14-9(7)13-6-2-1-5-12/h3-4H,1-2,6H2,(H,13,14). The van der Waals surface area contributed by atoms with Crippen LogP contribution in [0.4, 0.5) is 5.82 Å². The molecule has 0 atom stereocenters. The van der Waals surface area contributed by atoms with Gasteiger partial charge >= 0.3 is 0 Å². The molecule has 0 aromatic carbocycles. The summed E-state index contributed by atoms with van der Waals surface area (Å²) in [6.45, 7) is 0.667. The lowest BCUT2D eigenvalue weighted by molar-refractivity contribution is 0.892. The van der Waals surface area contributed by atoms with E-state index >= 15 is 0 Å². The van der Waals surface area contributed by atoms with Gasteiger partial charge in [-0.2, -0.15) is 5.26 Å². The highest BCUT2D eigenvalue weighted by Gasteiger charge is 2.01. The first-order valence-corrected chi connectivity index (χ1v) is 4.92. The molecule has 74 valence electrons. The van der Waals surface area contributed by atoms with Crippen LogP contribution in [0.1, 0.15) is 12.8 Å². The fourth-order valence-corrected chi connectivity index (χ4v) is 1.24. The maximum Gasteiger partial charge on any atom is 0.146 e. The van der Waals surface area contributed by atoms with Crippen molar-refractivity contribution >= 4 is 29.0 Å². The molecular formula is C9H9Cl2N3. The second-order valence-electron chi connectivity index (χ2n) is 2.65. The van der Waals surface area contributed by atoms with Crippen molar-refractivity contribution in [3.63, 3.8) is 0 Å². The van der Waals surface area contributed by atoms with E-state index in [1.165, 1.54) is 0 Å². The summed E-state index contributed by atoms with van der Waals surface area (Å²) >= 11 is 11.6. The Morgan fingerprint density at radius 3 is 2.93 bits per heavy atom. The minimum atomic E-state index is 0.400. The van der Waals surface area contributed by atoms with Gasteiger partial charge in [0.1, 0.15) is 11.0 Å². The van der Waals surface area contributed by atoms with Gasteiger partial charge in [-0.25, -0.2) is 4.98 Å². The molecule has 0 saturated carbocycles. The number of hydrogen-bond acceptors (Lipinski definition) is 3. The molecule has 1 rings (SSSR count). The van der Waals surface area contributed by atoms with Crippen LogP contribution in [0, 0.1) is 11.3 Å². The first kappa shape index (κ1) is 11.1. The summed E-state index contributed by atoms with van der Waals surface area (Å²) in [6.07, 6.45) is 1.28. The molecule has 0 fully saturated rings. The number of pyridine rings is 1. The Morgan fingerprint density at radius 2 is 2.21 bits per heavy atom. The van der Waals surface area contributed by atoms with Gasteiger partial charge in [0.15, 0.2) is 0 Å². The molecule has 0 radical (unpaired) electrons. The number of anilines is 1. The zero-order valence-corrected chi connectivity index (χ0v) is 8.94. The molecule has 0 bridgehead atoms. The Morgan fingerprint density at radius 1 is 1.43 bits per heavy atom. The van der Waals surface area contributed by atoms with Crippen molar-refractivity contribution in [1.82, 2.24) is 4.98 Å². The van der Waals surface area contributed by atoms with E-state index in [1.807, 2.05) is 0 Å². The van der Waals surface area contributed by atoms with Crippen molar-refractivity contribution in [2.24, 2.45) is 0 Å². The first-order valence-electron chi connectivity index (χ1n) is 4.17. The summed E-state index contributed by atoms with van der Waals surface area (Å²) in [5.41, 5.74) is 0. The summed E-state index contributed by atoms with van der Waals surface area (Å²) in [5, 5.41) is 12.3. The number of halogens is 2. The van der Waals surface area contributed by atoms with E-state index in [9.17, 15) is 0 Å². The van der Waals surface area contributed by atoms with Gasteiger partial charge in [0, 0.05) is 13.0 Å². The molecule has 0 aliphatic rings. The zero-order chi connectivity index (χ0) is 10.4. The van der Waals surface area contributed by atoms with Crippen LogP contribution in [0.3, 0.4) is 0 Å². The van der Waals surface area contributed by atoms with Crippen LogP contribution in [0.15, 0.2) is 12.1 Å². The van der Waals surface area contributed by atoms with Gasteiger partial charge in [0.05, 0.1) is 11.1 Å². The molecule has 0 aliphatic heterocycles. The fraction of sp³-hybridized carbons (Fsp3) is 0.333. The molecule has 1 aromatic heterocycles. The fourth-order valence-electron chi connectivity index (χ4n) is 0.917. The number of unbranched alkanes of at least 4 members (excludes halogenated alkanes) is 1. The summed E-state index contributed by atoms with van der Waals surface area (Å²) in [6, 6.07) is 5.37. The first-order chi connectivity index (χ1) is 6.74. The van der Waals surface area contributed by atoms with E-state index in [0.717, 1.165) is 6.42 Å². The monoisotopic (exact) mass is 229 g/mol. The van der Waals surface area contributed by atoms with Gasteiger partial charge in [-0.1, -0.05) is 23.2 Å². The van der Waals surface area contributed by atoms with Crippen molar-refractivity contribution in [3.05, 3.63) is 22.3 Å². The third-order valence-corrected chi connectivity index (χ3v) is 2.09. The molecule has 0 aliphatic carbocycles. The van der Waals surface area contributed by atoms with E-state index in [1.54, 1.807) is 12.1 Å². The topological polar surface area (TPSA) is 48.7 Å². The Hall–Kier alpha value is -0.980. The molecular weight excluding hydrogens is 221 g/mol. The van der Waals surface area contributed by atoms with Crippen LogP contribution < -0.4 is 5.32 Å². The third-order valence-electron chi connectivity index (χ3n) is 1.57. The number of rotatable bonds is 4. The van der Waals surface area contributed by atoms with E-state index in [-0.39, 0.29) is 0 Å². The second-order valence-corrected chi connectivity index (χ2v) is 3.45. The second kappa shape index (κ2) is 5.69. The Kier molecular flexibility index (Phi) is 4.51. The lowest BCUT2D eigenvalue weighted by atomic mass is 10.3. The number of hydrogen-bond donors (Lipinski definition) is 1. The molecule has 0 spiro atoms. The number of nitrogens with one attached hydrogen (secondary N) is 1. The van der Waals surface area contributed by atoms with E-state index < -0.39 is 0 Å². The Labute approximate surface area is 92.7 Å². The van der Waals surface area contributed by atoms with Gasteiger partial charge in [-0.05, 0) is 18.6 Å². The zero-order valence-electron chi connectivity index (χ0n) is 7.43. The molecule has 0 saturated heterocycles. The van der Waals surface area contributed by atoms with Crippen LogP contribution in [0.2, 0.25) is 10.2 Å². The predicted octanol–water partition coefficient (Wildman–Crippen LogP) is 3.10. The molecule has 14 heavy (non-hydrogen) atoms. The van der Waals surface area contributed by atoms with Gasteiger partial charge in [0.2, 0.25) is 0 Å². The van der Waals surface area contributed by atoms with Crippen molar-refractivity contribution in [1.29, 1.82) is 5.26 Å². The summed E-state index contributed by atoms with van der Waals surface area (Å²) in [7, 11) is 0. The van der Waals surface area contributed by atoms with Gasteiger partial charge in [-0.15, -0.1) is 0 Å². The van der Waals surface area contributed by atoms with Gasteiger partial charge in [-0.3, -0.25) is 0 Å². The lowest BCUT2D eigenvalue weighted by Crippen LogP contribution is -2.03. The highest BCUT2D eigenvalue weighted by Crippen LogP contribution is 2.21. The normalized spacial score (nSPS) is 9.50. The highest BCUT2D eigenvalue weighted by molar-refractivity contribution is 6.34. The number of nitrogens with zero attached hydrogens (tertiary/aromatic N) is 2. The minimum Gasteiger partial charge on any atom is -0.369 e. The van der Waals surface area contributed by atoms with Crippen LogP contribution in [0.25, 0.3) is 0 Å². The molecule has 1 N–H and O–H groups in total. The number of aromatic nitrogens is 1. The van der Waals surface area contributed by atoms with Crippen molar-refractivity contribution in [2.75, 3.05) is 11.9 Å². The predicted molar refractivity (Wildman–Crippen MR) is 57.6 cm³/mol. The highest BCUT2D eigenvalue weighted by atomic mass is 35.5. The van der Waals surface area contributed by atoms with Crippen LogP contribution >= 0.6 is 23.2 Å². The van der Waals surface area contributed by atoms with E-state index in [0.29, 0.717) is 29.0 Å². The van der Waals surface area contributed by atoms with E-state index in [2.05, 4.69) is 16.4 Å². The SMILES string of the molecule is N#CCCCNc1nc(Cl)ccc1Cl. The minimum absolute atomic E-state index is 0.400. The average molecular weight is 230 g/mol. The molecule has 3 nitrogen and oxygen atoms in total. The quantitative estimate of drug-likeness (QED) is 0.638. The molecule has 5 heteroatoms. The average Bonchev–Trinajstić information content (AvgIpc) is 2.18. The van der Waals surface area contributed by atoms with Crippen LogP contribution in [-0.4, -0.2) is 11.5 Å². The van der Waals surface area contributed by atoms with Crippen molar-refractivity contribution < 1.29 is 0 Å². The smallest absolute Gasteiger partial charge is 0.146 e. The van der Waals surface area contributed by atoms with Gasteiger partial charge in [0.25, 0.3) is 0 Å². The summed E-state index contributed by atoms with van der Waals surface area (Å²) in [4.78, 5) is 4.01. The van der Waals surface area contributed by atoms with E-state index in [4.69, 9.17) is 28.5 Å². The maximum absolute atomic E-state index is 8.32. The number of nitriles is 1. The van der Waals surface area contributed by atoms with Crippen LogP contribution in [0.5, 0.6) is 0 Å². The summed E-state index contributed by atoms with van der Waals surface area (Å²) < 4.78 is 0. The molecule has 0 unspecified atom stereocenters. The molecule has 1 heterocycles. The van der Waals surface area contributed by atoms with Crippen LogP contribution in [-0.2, 0) is 0 Å². The Bertz CT molecular complexity index is 346. The Balaban J connectivity index is 2.50. The van der Waals surface area contributed by atoms with Crippen molar-refractivity contribution in [3.8, 4) is 6.07 Å². The maximum atomic E-state index is 8.32.